The second-order valence-corrected chi connectivity index (χ2v) is 5.84. The Morgan fingerprint density at radius 1 is 1.38 bits per heavy atom. The molecule has 116 valence electrons. The fourth-order valence-corrected chi connectivity index (χ4v) is 2.70. The van der Waals surface area contributed by atoms with Crippen molar-refractivity contribution in [2.75, 3.05) is 32.5 Å². The lowest BCUT2D eigenvalue weighted by Crippen LogP contribution is -2.49. The molecule has 1 saturated heterocycles. The molecule has 4 nitrogen and oxygen atoms in total. The van der Waals surface area contributed by atoms with Gasteiger partial charge in [-0.25, -0.2) is 4.39 Å². The van der Waals surface area contributed by atoms with Gasteiger partial charge in [0, 0.05) is 6.04 Å². The summed E-state index contributed by atoms with van der Waals surface area (Å²) in [5.74, 6) is -0.568. The quantitative estimate of drug-likeness (QED) is 0.924. The maximum atomic E-state index is 13.6. The summed E-state index contributed by atoms with van der Waals surface area (Å²) in [6.45, 7) is 3.97. The summed E-state index contributed by atoms with van der Waals surface area (Å²) in [5.41, 5.74) is 0.242. The Balaban J connectivity index is 1.94. The number of carbonyl (C=O) groups excluding carboxylic acids is 1. The minimum Gasteiger partial charge on any atom is -0.322 e. The number of likely N-dealkylation sites (tertiary alicyclic amines) is 1. The molecule has 1 aliphatic heterocycles. The van der Waals surface area contributed by atoms with Crippen LogP contribution in [0.1, 0.15) is 19.8 Å². The number of hydrogen-bond acceptors (Lipinski definition) is 3. The molecule has 1 amide bonds. The highest BCUT2D eigenvalue weighted by molar-refractivity contribution is 5.94. The van der Waals surface area contributed by atoms with E-state index >= 15 is 0 Å². The van der Waals surface area contributed by atoms with Gasteiger partial charge in [0.2, 0.25) is 5.91 Å². The Morgan fingerprint density at radius 3 is 2.62 bits per heavy atom. The predicted molar refractivity (Wildman–Crippen MR) is 82.8 cm³/mol. The number of rotatable bonds is 4. The van der Waals surface area contributed by atoms with Crippen LogP contribution in [0.5, 0.6) is 0 Å². The average Bonchev–Trinajstić information content (AvgIpc) is 2.49. The van der Waals surface area contributed by atoms with E-state index in [1.165, 1.54) is 6.07 Å². The van der Waals surface area contributed by atoms with Crippen molar-refractivity contribution >= 4 is 11.6 Å². The average molecular weight is 293 g/mol. The van der Waals surface area contributed by atoms with Crippen LogP contribution in [0.15, 0.2) is 24.3 Å². The standard InChI is InChI=1S/C16H24FN3O/c1-12(20(3)13-8-10-19(2)11-9-13)16(21)18-15-7-5-4-6-14(15)17/h4-7,12-13H,8-11H2,1-3H3,(H,18,21)/t12-/m0/s1. The molecule has 1 aromatic carbocycles. The number of piperidine rings is 1. The SMILES string of the molecule is C[C@@H](C(=O)Nc1ccccc1F)N(C)C1CCN(C)CC1. The Labute approximate surface area is 125 Å². The third-order valence-electron chi connectivity index (χ3n) is 4.39. The molecular weight excluding hydrogens is 269 g/mol. The molecule has 1 atom stereocenters. The smallest absolute Gasteiger partial charge is 0.241 e. The molecule has 2 rings (SSSR count). The number of halogens is 1. The fourth-order valence-electron chi connectivity index (χ4n) is 2.70. The lowest BCUT2D eigenvalue weighted by atomic mass is 10.0. The van der Waals surface area contributed by atoms with Gasteiger partial charge in [0.15, 0.2) is 0 Å². The maximum absolute atomic E-state index is 13.6. The van der Waals surface area contributed by atoms with Gasteiger partial charge in [-0.3, -0.25) is 9.69 Å². The first kappa shape index (κ1) is 15.9. The van der Waals surface area contributed by atoms with Crippen LogP contribution in [0.2, 0.25) is 0 Å². The summed E-state index contributed by atoms with van der Waals surface area (Å²) in [6.07, 6.45) is 2.12. The zero-order valence-electron chi connectivity index (χ0n) is 13.0. The predicted octanol–water partition coefficient (Wildman–Crippen LogP) is 2.18. The molecule has 21 heavy (non-hydrogen) atoms. The van der Waals surface area contributed by atoms with Crippen LogP contribution in [0.25, 0.3) is 0 Å². The molecule has 1 heterocycles. The highest BCUT2D eigenvalue weighted by Crippen LogP contribution is 2.18. The first-order valence-corrected chi connectivity index (χ1v) is 7.45. The molecule has 0 radical (unpaired) electrons. The number of hydrogen-bond donors (Lipinski definition) is 1. The van der Waals surface area contributed by atoms with Gasteiger partial charge in [0.25, 0.3) is 0 Å². The molecule has 1 aliphatic rings. The number of likely N-dealkylation sites (N-methyl/N-ethyl adjacent to an activating group) is 1. The van der Waals surface area contributed by atoms with Crippen LogP contribution in [0.3, 0.4) is 0 Å². The third-order valence-corrected chi connectivity index (χ3v) is 4.39. The first-order chi connectivity index (χ1) is 9.99. The van der Waals surface area contributed by atoms with Gasteiger partial charge in [-0.05, 0) is 59.1 Å². The summed E-state index contributed by atoms with van der Waals surface area (Å²) in [7, 11) is 4.09. The molecule has 0 bridgehead atoms. The zero-order valence-corrected chi connectivity index (χ0v) is 13.0. The fraction of sp³-hybridized carbons (Fsp3) is 0.562. The minimum absolute atomic E-state index is 0.165. The summed E-state index contributed by atoms with van der Waals surface area (Å²) in [6, 6.07) is 6.38. The van der Waals surface area contributed by atoms with E-state index in [-0.39, 0.29) is 17.6 Å². The van der Waals surface area contributed by atoms with Crippen LogP contribution >= 0.6 is 0 Å². The number of nitrogens with one attached hydrogen (secondary N) is 1. The molecule has 0 unspecified atom stereocenters. The van der Waals surface area contributed by atoms with Crippen LogP contribution in [0.4, 0.5) is 10.1 Å². The molecule has 1 aromatic rings. The van der Waals surface area contributed by atoms with Crippen LogP contribution in [-0.4, -0.2) is 55.0 Å². The van der Waals surface area contributed by atoms with E-state index in [2.05, 4.69) is 22.2 Å². The van der Waals surface area contributed by atoms with Crippen molar-refractivity contribution in [1.29, 1.82) is 0 Å². The van der Waals surface area contributed by atoms with Gasteiger partial charge >= 0.3 is 0 Å². The molecule has 0 aromatic heterocycles. The number of benzene rings is 1. The number of amides is 1. The van der Waals surface area contributed by atoms with Gasteiger partial charge in [0.1, 0.15) is 5.82 Å². The van der Waals surface area contributed by atoms with Crippen molar-refractivity contribution < 1.29 is 9.18 Å². The van der Waals surface area contributed by atoms with Gasteiger partial charge in [-0.15, -0.1) is 0 Å². The molecule has 1 N–H and O–H groups in total. The van der Waals surface area contributed by atoms with E-state index in [1.807, 2.05) is 14.0 Å². The van der Waals surface area contributed by atoms with Gasteiger partial charge in [-0.2, -0.15) is 0 Å². The Morgan fingerprint density at radius 2 is 2.00 bits per heavy atom. The second-order valence-electron chi connectivity index (χ2n) is 5.84. The van der Waals surface area contributed by atoms with Crippen molar-refractivity contribution in [2.45, 2.75) is 31.8 Å². The number of anilines is 1. The van der Waals surface area contributed by atoms with Crippen LogP contribution in [0, 0.1) is 5.82 Å². The maximum Gasteiger partial charge on any atom is 0.241 e. The Bertz CT molecular complexity index is 486. The second kappa shape index (κ2) is 7.00. The van der Waals surface area contributed by atoms with Gasteiger partial charge in [0.05, 0.1) is 11.7 Å². The normalized spacial score (nSPS) is 18.7. The first-order valence-electron chi connectivity index (χ1n) is 7.45. The number of carbonyl (C=O) groups is 1. The van der Waals surface area contributed by atoms with E-state index in [4.69, 9.17) is 0 Å². The molecule has 5 heteroatoms. The summed E-state index contributed by atoms with van der Waals surface area (Å²) in [4.78, 5) is 16.7. The Hall–Kier alpha value is -1.46. The summed E-state index contributed by atoms with van der Waals surface area (Å²) in [5, 5.41) is 2.67. The van der Waals surface area contributed by atoms with Crippen molar-refractivity contribution in [3.63, 3.8) is 0 Å². The van der Waals surface area contributed by atoms with Crippen molar-refractivity contribution in [3.05, 3.63) is 30.1 Å². The van der Waals surface area contributed by atoms with Crippen molar-refractivity contribution in [3.8, 4) is 0 Å². The topological polar surface area (TPSA) is 35.6 Å². The van der Waals surface area contributed by atoms with Crippen LogP contribution < -0.4 is 5.32 Å². The lowest BCUT2D eigenvalue weighted by molar-refractivity contribution is -0.121. The van der Waals surface area contributed by atoms with Crippen molar-refractivity contribution in [2.24, 2.45) is 0 Å². The molecule has 0 saturated carbocycles. The minimum atomic E-state index is -0.403. The van der Waals surface area contributed by atoms with Crippen molar-refractivity contribution in [1.82, 2.24) is 9.80 Å². The van der Waals surface area contributed by atoms with E-state index in [9.17, 15) is 9.18 Å². The zero-order chi connectivity index (χ0) is 15.4. The van der Waals surface area contributed by atoms with E-state index in [0.29, 0.717) is 6.04 Å². The lowest BCUT2D eigenvalue weighted by Gasteiger charge is -2.37. The molecular formula is C16H24FN3O. The monoisotopic (exact) mass is 293 g/mol. The number of nitrogens with zero attached hydrogens (tertiary/aromatic N) is 2. The third kappa shape index (κ3) is 4.02. The molecule has 0 aliphatic carbocycles. The Kier molecular flexibility index (Phi) is 5.31. The van der Waals surface area contributed by atoms with Crippen LogP contribution in [-0.2, 0) is 4.79 Å². The highest BCUT2D eigenvalue weighted by atomic mass is 19.1. The van der Waals surface area contributed by atoms with E-state index < -0.39 is 5.82 Å². The van der Waals surface area contributed by atoms with Gasteiger partial charge in [-0.1, -0.05) is 12.1 Å². The van der Waals surface area contributed by atoms with E-state index in [1.54, 1.807) is 18.2 Å². The van der Waals surface area contributed by atoms with E-state index in [0.717, 1.165) is 25.9 Å². The summed E-state index contributed by atoms with van der Waals surface area (Å²) >= 11 is 0. The molecule has 1 fully saturated rings. The largest absolute Gasteiger partial charge is 0.322 e. The summed E-state index contributed by atoms with van der Waals surface area (Å²) < 4.78 is 13.6. The number of para-hydroxylation sites is 1. The highest BCUT2D eigenvalue weighted by Gasteiger charge is 2.27. The van der Waals surface area contributed by atoms with Gasteiger partial charge < -0.3 is 10.2 Å². The molecule has 0 spiro atoms.